The van der Waals surface area contributed by atoms with Crippen LogP contribution in [-0.4, -0.2) is 10.1 Å². The maximum atomic E-state index is 10.2. The van der Waals surface area contributed by atoms with Gasteiger partial charge in [-0.3, -0.25) is 0 Å². The molecule has 0 aliphatic rings. The lowest BCUT2D eigenvalue weighted by Crippen LogP contribution is -2.35. The minimum absolute atomic E-state index is 0. The number of benzene rings is 1. The third-order valence-corrected chi connectivity index (χ3v) is 1.30. The predicted octanol–water partition coefficient (Wildman–Crippen LogP) is 1.04. The van der Waals surface area contributed by atoms with Crippen LogP contribution < -0.4 is 11.3 Å². The summed E-state index contributed by atoms with van der Waals surface area (Å²) in [6, 6.07) is 7.14. The quantitative estimate of drug-likeness (QED) is 0.573. The number of nitrogens with zero attached hydrogens (tertiary/aromatic N) is 3. The van der Waals surface area contributed by atoms with Gasteiger partial charge in [0, 0.05) is 0 Å². The summed E-state index contributed by atoms with van der Waals surface area (Å²) in [5.41, 5.74) is -0.0856. The maximum absolute atomic E-state index is 10.2. The van der Waals surface area contributed by atoms with Crippen LogP contribution in [0.2, 0.25) is 0 Å². The fraction of sp³-hybridized carbons (Fsp3) is 0. The monoisotopic (exact) mass is 200 g/mol. The van der Waals surface area contributed by atoms with Crippen LogP contribution in [0.5, 0.6) is 0 Å². The van der Waals surface area contributed by atoms with Crippen molar-refractivity contribution in [2.75, 3.05) is 5.12 Å². The van der Waals surface area contributed by atoms with Crippen LogP contribution >= 0.6 is 0 Å². The molecule has 0 bridgehead atoms. The Labute approximate surface area is 78.6 Å². The summed E-state index contributed by atoms with van der Waals surface area (Å²) in [7, 11) is 0. The third kappa shape index (κ3) is 2.38. The molecule has 0 saturated carbocycles. The van der Waals surface area contributed by atoms with E-state index >= 15 is 0 Å². The highest BCUT2D eigenvalue weighted by Crippen LogP contribution is 2.12. The van der Waals surface area contributed by atoms with Gasteiger partial charge in [0.15, 0.2) is 10.8 Å². The molecule has 0 amide bonds. The van der Waals surface area contributed by atoms with Crippen molar-refractivity contribution in [1.29, 1.82) is 0 Å². The lowest BCUT2D eigenvalue weighted by Gasteiger charge is -2.01. The van der Waals surface area contributed by atoms with E-state index in [0.717, 1.165) is 0 Å². The Morgan fingerprint density at radius 3 is 1.79 bits per heavy atom. The van der Waals surface area contributed by atoms with E-state index in [4.69, 9.17) is 0 Å². The average Bonchev–Trinajstić information content (AvgIpc) is 2.04. The van der Waals surface area contributed by atoms with Gasteiger partial charge in [-0.15, -0.1) is 0 Å². The lowest BCUT2D eigenvalue weighted by atomic mass is 10.3. The highest BCUT2D eigenvalue weighted by atomic mass is 16.8. The highest BCUT2D eigenvalue weighted by Gasteiger charge is 2.29. The first kappa shape index (κ1) is 11.8. The van der Waals surface area contributed by atoms with Gasteiger partial charge in [0.25, 0.3) is 0 Å². The van der Waals surface area contributed by atoms with E-state index in [1.54, 1.807) is 6.07 Å². The highest BCUT2D eigenvalue weighted by molar-refractivity contribution is 5.40. The second-order valence-electron chi connectivity index (χ2n) is 2.10. The first-order chi connectivity index (χ1) is 6.13. The number of hydrogen-bond acceptors (Lipinski definition) is 5. The molecule has 8 heteroatoms. The van der Waals surface area contributed by atoms with Crippen LogP contribution in [0.3, 0.4) is 0 Å². The summed E-state index contributed by atoms with van der Waals surface area (Å²) in [6.45, 7) is 0. The number of hydrogen-bond donors (Lipinski definition) is 1. The molecule has 0 unspecified atom stereocenters. The average molecular weight is 200 g/mol. The van der Waals surface area contributed by atoms with Gasteiger partial charge >= 0.3 is 0 Å². The molecule has 1 rings (SSSR count). The van der Waals surface area contributed by atoms with E-state index in [-0.39, 0.29) is 17.0 Å². The summed E-state index contributed by atoms with van der Waals surface area (Å²) in [5, 5.41) is 18.1. The summed E-state index contributed by atoms with van der Waals surface area (Å²) in [4.78, 5) is 20.5. The van der Waals surface area contributed by atoms with Crippen molar-refractivity contribution < 1.29 is 10.1 Å². The van der Waals surface area contributed by atoms with E-state index in [9.17, 15) is 20.2 Å². The van der Waals surface area contributed by atoms with Gasteiger partial charge in [0.2, 0.25) is 10.1 Å². The Bertz CT molecular complexity index is 314. The van der Waals surface area contributed by atoms with Crippen molar-refractivity contribution in [3.63, 3.8) is 0 Å². The van der Waals surface area contributed by atoms with E-state index in [1.807, 2.05) is 0 Å². The summed E-state index contributed by atoms with van der Waals surface area (Å²) in [5.74, 6) is 0. The van der Waals surface area contributed by atoms with Gasteiger partial charge in [0.1, 0.15) is 0 Å². The minimum atomic E-state index is -1.09. The van der Waals surface area contributed by atoms with Crippen molar-refractivity contribution >= 4 is 5.69 Å². The molecule has 1 aromatic carbocycles. The maximum Gasteiger partial charge on any atom is 0.228 e. The topological polar surface area (TPSA) is 125 Å². The molecular formula is C6H8N4O4. The van der Waals surface area contributed by atoms with Crippen molar-refractivity contribution in [1.82, 2.24) is 6.15 Å². The zero-order valence-corrected chi connectivity index (χ0v) is 7.07. The van der Waals surface area contributed by atoms with Gasteiger partial charge in [0.05, 0.1) is 0 Å². The first-order valence-corrected chi connectivity index (χ1v) is 3.26. The zero-order chi connectivity index (χ0) is 9.84. The fourth-order valence-electron chi connectivity index (χ4n) is 0.810. The van der Waals surface area contributed by atoms with Gasteiger partial charge in [-0.1, -0.05) is 18.2 Å². The molecule has 76 valence electrons. The lowest BCUT2D eigenvalue weighted by molar-refractivity contribution is -0.711. The van der Waals surface area contributed by atoms with Gasteiger partial charge < -0.3 is 6.15 Å². The molecule has 0 aliphatic heterocycles. The third-order valence-electron chi connectivity index (χ3n) is 1.30. The van der Waals surface area contributed by atoms with Crippen molar-refractivity contribution in [2.45, 2.75) is 0 Å². The molecule has 0 saturated heterocycles. The molecule has 0 aromatic heterocycles. The Morgan fingerprint density at radius 2 is 1.43 bits per heavy atom. The van der Waals surface area contributed by atoms with Gasteiger partial charge in [-0.25, -0.2) is 20.2 Å². The minimum Gasteiger partial charge on any atom is -0.344 e. The number of nitro groups is 2. The SMILES string of the molecule is N.O=[N+]([O-])N(c1ccccc1)[N+](=O)[O-]. The molecule has 0 aliphatic carbocycles. The summed E-state index contributed by atoms with van der Waals surface area (Å²) >= 11 is 0. The number of hydrazine groups is 2. The smallest absolute Gasteiger partial charge is 0.228 e. The Morgan fingerprint density at radius 1 is 1.00 bits per heavy atom. The second-order valence-corrected chi connectivity index (χ2v) is 2.10. The Hall–Kier alpha value is -2.22. The van der Waals surface area contributed by atoms with Crippen LogP contribution in [-0.2, 0) is 0 Å². The van der Waals surface area contributed by atoms with Crippen molar-refractivity contribution in [2.24, 2.45) is 0 Å². The van der Waals surface area contributed by atoms with Crippen LogP contribution in [0.15, 0.2) is 30.3 Å². The van der Waals surface area contributed by atoms with Gasteiger partial charge in [-0.2, -0.15) is 0 Å². The number of anilines is 1. The van der Waals surface area contributed by atoms with E-state index in [1.165, 1.54) is 24.3 Å². The van der Waals surface area contributed by atoms with Crippen molar-refractivity contribution in [3.05, 3.63) is 50.6 Å². The number of rotatable bonds is 3. The molecule has 3 N–H and O–H groups in total. The van der Waals surface area contributed by atoms with E-state index < -0.39 is 10.1 Å². The Kier molecular flexibility index (Phi) is 3.97. The molecule has 14 heavy (non-hydrogen) atoms. The molecule has 0 radical (unpaired) electrons. The van der Waals surface area contributed by atoms with Crippen LogP contribution in [0.4, 0.5) is 5.69 Å². The molecule has 1 aromatic rings. The normalized spacial score (nSPS) is 8.57. The van der Waals surface area contributed by atoms with Gasteiger partial charge in [-0.05, 0) is 12.1 Å². The summed E-state index contributed by atoms with van der Waals surface area (Å²) in [6.07, 6.45) is 0. The zero-order valence-electron chi connectivity index (χ0n) is 7.07. The molecule has 0 atom stereocenters. The number of para-hydroxylation sites is 1. The van der Waals surface area contributed by atoms with E-state index in [2.05, 4.69) is 0 Å². The van der Waals surface area contributed by atoms with Crippen LogP contribution in [0.25, 0.3) is 0 Å². The first-order valence-electron chi connectivity index (χ1n) is 3.26. The molecule has 8 nitrogen and oxygen atoms in total. The van der Waals surface area contributed by atoms with Crippen LogP contribution in [0, 0.1) is 20.2 Å². The molecule has 0 fully saturated rings. The molecule has 0 spiro atoms. The largest absolute Gasteiger partial charge is 0.344 e. The van der Waals surface area contributed by atoms with Crippen molar-refractivity contribution in [3.8, 4) is 0 Å². The van der Waals surface area contributed by atoms with Crippen LogP contribution in [0.1, 0.15) is 0 Å². The fourth-order valence-corrected chi connectivity index (χ4v) is 0.810. The second kappa shape index (κ2) is 4.72. The summed E-state index contributed by atoms with van der Waals surface area (Å²) < 4.78 is 0. The molecular weight excluding hydrogens is 192 g/mol. The standard InChI is InChI=1S/C6H5N3O4.H3N/c10-8(11)7(9(12)13)6-4-2-1-3-5-6;/h1-5H;1H3. The Balaban J connectivity index is 0.00000169. The predicted molar refractivity (Wildman–Crippen MR) is 47.9 cm³/mol. The van der Waals surface area contributed by atoms with E-state index in [0.29, 0.717) is 0 Å². The molecule has 0 heterocycles.